The van der Waals surface area contributed by atoms with Crippen LogP contribution >= 0.6 is 0 Å². The molecule has 40 heavy (non-hydrogen) atoms. The Bertz CT molecular complexity index is 675. The monoisotopic (exact) mass is 549 g/mol. The largest absolute Gasteiger partial charge is 0.305 e. The zero-order valence-corrected chi connectivity index (χ0v) is 26.7. The van der Waals surface area contributed by atoms with Gasteiger partial charge in [0, 0.05) is 25.9 Å². The van der Waals surface area contributed by atoms with Gasteiger partial charge in [0.1, 0.15) is 0 Å². The molecule has 0 unspecified atom stereocenters. The Balaban J connectivity index is 3.41. The lowest BCUT2D eigenvalue weighted by molar-refractivity contribution is 0.249. The Morgan fingerprint density at radius 3 is 1.18 bits per heavy atom. The van der Waals surface area contributed by atoms with Gasteiger partial charge in [-0.25, -0.2) is 0 Å². The molecule has 0 aromatic rings. The fourth-order valence-corrected chi connectivity index (χ4v) is 4.50. The van der Waals surface area contributed by atoms with E-state index in [-0.39, 0.29) is 0 Å². The molecule has 0 heterocycles. The van der Waals surface area contributed by atoms with Gasteiger partial charge < -0.3 is 9.80 Å². The summed E-state index contributed by atoms with van der Waals surface area (Å²) in [5.74, 6) is 12.8. The molecule has 0 aliphatic rings. The van der Waals surface area contributed by atoms with Crippen LogP contribution in [0.1, 0.15) is 128 Å². The predicted molar refractivity (Wildman–Crippen MR) is 182 cm³/mol. The van der Waals surface area contributed by atoms with Crippen LogP contribution in [0.2, 0.25) is 0 Å². The smallest absolute Gasteiger partial charge is 0.0106 e. The summed E-state index contributed by atoms with van der Waals surface area (Å²) in [4.78, 5) is 5.04. The molecular weight excluding hydrogens is 484 g/mol. The van der Waals surface area contributed by atoms with E-state index in [0.29, 0.717) is 0 Å². The van der Waals surface area contributed by atoms with Crippen molar-refractivity contribution in [3.05, 3.63) is 49.6 Å². The van der Waals surface area contributed by atoms with Gasteiger partial charge >= 0.3 is 0 Å². The fraction of sp³-hybridized carbons (Fsp3) is 0.684. The molecule has 0 rings (SSSR count). The van der Waals surface area contributed by atoms with E-state index in [2.05, 4.69) is 72.9 Å². The summed E-state index contributed by atoms with van der Waals surface area (Å²) in [6, 6.07) is 0. The van der Waals surface area contributed by atoms with Gasteiger partial charge in [0.05, 0.1) is 0 Å². The first-order chi connectivity index (χ1) is 19.7. The SMILES string of the molecule is C=CCC/C=C\C#CCCCCCCCCCN(C)CCN(C)CCCCCCCCCC#C/C=C\CCC=C. The molecule has 0 atom stereocenters. The molecule has 0 radical (unpaired) electrons. The highest BCUT2D eigenvalue weighted by Crippen LogP contribution is 2.10. The third-order valence-corrected chi connectivity index (χ3v) is 7.23. The summed E-state index contributed by atoms with van der Waals surface area (Å²) in [5, 5.41) is 0. The molecule has 0 aliphatic carbocycles. The Kier molecular flexibility index (Phi) is 31.5. The molecule has 0 aliphatic heterocycles. The average Bonchev–Trinajstić information content (AvgIpc) is 2.96. The minimum Gasteiger partial charge on any atom is -0.305 e. The summed E-state index contributed by atoms with van der Waals surface area (Å²) in [6.45, 7) is 12.3. The minimum absolute atomic E-state index is 1.04. The van der Waals surface area contributed by atoms with Crippen molar-refractivity contribution in [2.75, 3.05) is 40.3 Å². The summed E-state index contributed by atoms with van der Waals surface area (Å²) in [6.07, 6.45) is 37.3. The maximum absolute atomic E-state index is 3.73. The number of hydrogen-bond donors (Lipinski definition) is 0. The summed E-state index contributed by atoms with van der Waals surface area (Å²) in [7, 11) is 4.58. The topological polar surface area (TPSA) is 6.48 Å². The first kappa shape index (κ1) is 38.0. The summed E-state index contributed by atoms with van der Waals surface area (Å²) in [5.41, 5.74) is 0. The summed E-state index contributed by atoms with van der Waals surface area (Å²) < 4.78 is 0. The van der Waals surface area contributed by atoms with Gasteiger partial charge in [-0.05, 0) is 90.7 Å². The lowest BCUT2D eigenvalue weighted by atomic mass is 10.1. The molecule has 2 nitrogen and oxygen atoms in total. The standard InChI is InChI=1S/C38H64N2/c1-5-7-9-11-13-15-17-19-21-23-25-27-29-31-33-35-39(3)37-38-40(4)36-34-32-30-28-26-24-22-20-18-16-14-12-10-8-6-2/h5-6,11-14H,1-2,7-10,19-38H2,3-4H3/b13-11-,14-12-. The fourth-order valence-electron chi connectivity index (χ4n) is 4.50. The Morgan fingerprint density at radius 2 is 0.800 bits per heavy atom. The van der Waals surface area contributed by atoms with Gasteiger partial charge in [0.15, 0.2) is 0 Å². The van der Waals surface area contributed by atoms with E-state index in [1.807, 2.05) is 24.3 Å². The number of likely N-dealkylation sites (N-methyl/N-ethyl adjacent to an activating group) is 2. The Hall–Kier alpha value is -2.00. The van der Waals surface area contributed by atoms with E-state index >= 15 is 0 Å². The second-order valence-electron chi connectivity index (χ2n) is 11.2. The van der Waals surface area contributed by atoms with Gasteiger partial charge in [-0.15, -0.1) is 13.2 Å². The number of rotatable bonds is 27. The minimum atomic E-state index is 1.04. The van der Waals surface area contributed by atoms with Crippen molar-refractivity contribution in [3.63, 3.8) is 0 Å². The number of nitrogens with zero attached hydrogens (tertiary/aromatic N) is 2. The highest BCUT2D eigenvalue weighted by Gasteiger charge is 2.02. The lowest BCUT2D eigenvalue weighted by Crippen LogP contribution is -2.32. The van der Waals surface area contributed by atoms with E-state index in [9.17, 15) is 0 Å². The van der Waals surface area contributed by atoms with E-state index in [1.165, 1.54) is 116 Å². The average molecular weight is 549 g/mol. The molecule has 0 aromatic heterocycles. The van der Waals surface area contributed by atoms with E-state index < -0.39 is 0 Å². The van der Waals surface area contributed by atoms with Crippen molar-refractivity contribution in [2.24, 2.45) is 0 Å². The van der Waals surface area contributed by atoms with Gasteiger partial charge in [-0.2, -0.15) is 0 Å². The van der Waals surface area contributed by atoms with E-state index in [4.69, 9.17) is 0 Å². The second-order valence-corrected chi connectivity index (χ2v) is 11.2. The molecule has 0 saturated carbocycles. The van der Waals surface area contributed by atoms with Crippen LogP contribution in [0.3, 0.4) is 0 Å². The zero-order chi connectivity index (χ0) is 29.2. The van der Waals surface area contributed by atoms with Crippen molar-refractivity contribution >= 4 is 0 Å². The molecule has 226 valence electrons. The second kappa shape index (κ2) is 33.2. The van der Waals surface area contributed by atoms with Crippen molar-refractivity contribution in [1.29, 1.82) is 0 Å². The van der Waals surface area contributed by atoms with Crippen molar-refractivity contribution in [2.45, 2.75) is 128 Å². The van der Waals surface area contributed by atoms with Gasteiger partial charge in [0.25, 0.3) is 0 Å². The van der Waals surface area contributed by atoms with Crippen LogP contribution in [0, 0.1) is 23.7 Å². The number of allylic oxidation sites excluding steroid dienone is 6. The molecule has 2 heteroatoms. The van der Waals surface area contributed by atoms with Crippen LogP contribution in [0.4, 0.5) is 0 Å². The highest BCUT2D eigenvalue weighted by atomic mass is 15.2. The molecule has 0 saturated heterocycles. The lowest BCUT2D eigenvalue weighted by Gasteiger charge is -2.22. The van der Waals surface area contributed by atoms with Gasteiger partial charge in [-0.3, -0.25) is 0 Å². The first-order valence-corrected chi connectivity index (χ1v) is 16.6. The van der Waals surface area contributed by atoms with E-state index in [1.54, 1.807) is 0 Å². The Labute approximate surface area is 251 Å². The maximum atomic E-state index is 3.73. The quantitative estimate of drug-likeness (QED) is 0.0572. The highest BCUT2D eigenvalue weighted by molar-refractivity contribution is 5.15. The third-order valence-electron chi connectivity index (χ3n) is 7.23. The van der Waals surface area contributed by atoms with Crippen LogP contribution in [-0.4, -0.2) is 50.1 Å². The molecule has 0 fully saturated rings. The van der Waals surface area contributed by atoms with Gasteiger partial charge in [-0.1, -0.05) is 112 Å². The normalized spacial score (nSPS) is 11.2. The van der Waals surface area contributed by atoms with Crippen LogP contribution < -0.4 is 0 Å². The maximum Gasteiger partial charge on any atom is 0.0106 e. The third kappa shape index (κ3) is 32.2. The molecule has 0 bridgehead atoms. The van der Waals surface area contributed by atoms with Gasteiger partial charge in [0.2, 0.25) is 0 Å². The molecule has 0 spiro atoms. The first-order valence-electron chi connectivity index (χ1n) is 16.6. The molecule has 0 N–H and O–H groups in total. The zero-order valence-electron chi connectivity index (χ0n) is 26.7. The van der Waals surface area contributed by atoms with E-state index in [0.717, 1.165) is 38.5 Å². The number of unbranched alkanes of at least 4 members (excludes halogenated alkanes) is 16. The van der Waals surface area contributed by atoms with Crippen LogP contribution in [0.15, 0.2) is 49.6 Å². The van der Waals surface area contributed by atoms with Crippen molar-refractivity contribution in [1.82, 2.24) is 9.80 Å². The van der Waals surface area contributed by atoms with Crippen LogP contribution in [-0.2, 0) is 0 Å². The van der Waals surface area contributed by atoms with Crippen molar-refractivity contribution in [3.8, 4) is 23.7 Å². The molecule has 0 aromatic carbocycles. The van der Waals surface area contributed by atoms with Crippen molar-refractivity contribution < 1.29 is 0 Å². The van der Waals surface area contributed by atoms with Crippen LogP contribution in [0.25, 0.3) is 0 Å². The number of hydrogen-bond acceptors (Lipinski definition) is 2. The molecular formula is C38H64N2. The summed E-state index contributed by atoms with van der Waals surface area (Å²) >= 11 is 0. The molecule has 0 amide bonds. The predicted octanol–water partition coefficient (Wildman–Crippen LogP) is 10.1. The van der Waals surface area contributed by atoms with Crippen LogP contribution in [0.5, 0.6) is 0 Å². The Morgan fingerprint density at radius 1 is 0.450 bits per heavy atom.